The maximum absolute atomic E-state index is 9.23. The second-order valence-corrected chi connectivity index (χ2v) is 3.64. The van der Waals surface area contributed by atoms with Crippen LogP contribution in [0, 0.1) is 5.92 Å². The molecule has 0 aliphatic heterocycles. The Kier molecular flexibility index (Phi) is 2.66. The van der Waals surface area contributed by atoms with Gasteiger partial charge in [0.05, 0.1) is 0 Å². The van der Waals surface area contributed by atoms with Crippen LogP contribution in [0.1, 0.15) is 19.4 Å². The number of nitrogens with two attached hydrogens (primary N) is 1. The van der Waals surface area contributed by atoms with Crippen molar-refractivity contribution in [3.05, 3.63) is 17.7 Å². The first-order valence-electron chi connectivity index (χ1n) is 4.31. The van der Waals surface area contributed by atoms with Crippen molar-refractivity contribution in [2.45, 2.75) is 20.3 Å². The summed E-state index contributed by atoms with van der Waals surface area (Å²) in [6, 6.07) is 2.90. The van der Waals surface area contributed by atoms with Gasteiger partial charge in [0.2, 0.25) is 0 Å². The zero-order valence-electron chi connectivity index (χ0n) is 7.91. The molecule has 1 rings (SSSR count). The number of hydrogen-bond acceptors (Lipinski definition) is 3. The predicted octanol–water partition coefficient (Wildman–Crippen LogP) is 1.88. The van der Waals surface area contributed by atoms with Crippen molar-refractivity contribution in [2.24, 2.45) is 5.92 Å². The van der Waals surface area contributed by atoms with E-state index in [1.54, 1.807) is 0 Å². The van der Waals surface area contributed by atoms with Crippen LogP contribution in [0.4, 0.5) is 5.69 Å². The fourth-order valence-corrected chi connectivity index (χ4v) is 1.25. The summed E-state index contributed by atoms with van der Waals surface area (Å²) in [6.07, 6.45) is 0.805. The van der Waals surface area contributed by atoms with Gasteiger partial charge >= 0.3 is 0 Å². The quantitative estimate of drug-likeness (QED) is 0.371. The van der Waals surface area contributed by atoms with Crippen LogP contribution < -0.4 is 5.73 Å². The topological polar surface area (TPSA) is 66.5 Å². The number of rotatable bonds is 2. The number of phenols is 2. The summed E-state index contributed by atoms with van der Waals surface area (Å²) >= 11 is 0. The van der Waals surface area contributed by atoms with Crippen LogP contribution in [0.2, 0.25) is 0 Å². The van der Waals surface area contributed by atoms with E-state index in [1.807, 2.05) is 0 Å². The van der Waals surface area contributed by atoms with Gasteiger partial charge in [0.25, 0.3) is 0 Å². The highest BCUT2D eigenvalue weighted by molar-refractivity contribution is 5.56. The first-order valence-corrected chi connectivity index (χ1v) is 4.31. The summed E-state index contributed by atoms with van der Waals surface area (Å²) in [7, 11) is 0. The molecule has 0 spiro atoms. The molecule has 13 heavy (non-hydrogen) atoms. The van der Waals surface area contributed by atoms with E-state index in [-0.39, 0.29) is 11.5 Å². The zero-order valence-corrected chi connectivity index (χ0v) is 7.91. The maximum Gasteiger partial charge on any atom is 0.159 e. The van der Waals surface area contributed by atoms with E-state index in [9.17, 15) is 5.11 Å². The standard InChI is InChI=1S/C10H15NO2/c1-6(2)3-7-4-9(12)10(13)5-8(7)11/h4-6,12-13H,3,11H2,1-2H3. The summed E-state index contributed by atoms with van der Waals surface area (Å²) in [5, 5.41) is 18.4. The molecule has 4 N–H and O–H groups in total. The molecule has 0 saturated carbocycles. The van der Waals surface area contributed by atoms with Crippen molar-refractivity contribution < 1.29 is 10.2 Å². The molecule has 0 saturated heterocycles. The molecule has 0 fully saturated rings. The Labute approximate surface area is 77.8 Å². The van der Waals surface area contributed by atoms with E-state index < -0.39 is 0 Å². The lowest BCUT2D eigenvalue weighted by Gasteiger charge is -2.09. The fraction of sp³-hybridized carbons (Fsp3) is 0.400. The summed E-state index contributed by atoms with van der Waals surface area (Å²) < 4.78 is 0. The van der Waals surface area contributed by atoms with Crippen molar-refractivity contribution in [3.63, 3.8) is 0 Å². The second-order valence-electron chi connectivity index (χ2n) is 3.64. The molecule has 1 aromatic rings. The lowest BCUT2D eigenvalue weighted by atomic mass is 10.0. The van der Waals surface area contributed by atoms with Crippen LogP contribution >= 0.6 is 0 Å². The molecule has 72 valence electrons. The van der Waals surface area contributed by atoms with Crippen LogP contribution in [0.5, 0.6) is 11.5 Å². The molecule has 0 radical (unpaired) electrons. The smallest absolute Gasteiger partial charge is 0.159 e. The summed E-state index contributed by atoms with van der Waals surface area (Å²) in [6.45, 7) is 4.15. The second kappa shape index (κ2) is 3.56. The highest BCUT2D eigenvalue weighted by Gasteiger charge is 2.07. The van der Waals surface area contributed by atoms with Gasteiger partial charge in [-0.05, 0) is 24.0 Å². The molecule has 0 unspecified atom stereocenters. The molecule has 0 aromatic heterocycles. The van der Waals surface area contributed by atoms with E-state index in [1.165, 1.54) is 12.1 Å². The van der Waals surface area contributed by atoms with Crippen molar-refractivity contribution in [1.82, 2.24) is 0 Å². The Morgan fingerprint density at radius 2 is 1.77 bits per heavy atom. The normalized spacial score (nSPS) is 10.7. The van der Waals surface area contributed by atoms with Gasteiger partial charge in [-0.2, -0.15) is 0 Å². The number of nitrogen functional groups attached to an aromatic ring is 1. The number of aromatic hydroxyl groups is 2. The Morgan fingerprint density at radius 1 is 1.23 bits per heavy atom. The molecular formula is C10H15NO2. The molecule has 3 heteroatoms. The van der Waals surface area contributed by atoms with E-state index >= 15 is 0 Å². The number of hydrogen-bond donors (Lipinski definition) is 3. The van der Waals surface area contributed by atoms with Gasteiger partial charge in [0, 0.05) is 11.8 Å². The lowest BCUT2D eigenvalue weighted by molar-refractivity contribution is 0.403. The largest absolute Gasteiger partial charge is 0.504 e. The van der Waals surface area contributed by atoms with Crippen molar-refractivity contribution in [1.29, 1.82) is 0 Å². The summed E-state index contributed by atoms with van der Waals surface area (Å²) in [5.74, 6) is 0.209. The third kappa shape index (κ3) is 2.28. The minimum absolute atomic E-state index is 0.107. The molecule has 0 atom stereocenters. The zero-order chi connectivity index (χ0) is 10.0. The number of benzene rings is 1. The van der Waals surface area contributed by atoms with Crippen LogP contribution in [0.25, 0.3) is 0 Å². The highest BCUT2D eigenvalue weighted by atomic mass is 16.3. The van der Waals surface area contributed by atoms with Crippen LogP contribution in [-0.2, 0) is 6.42 Å². The Balaban J connectivity index is 3.01. The minimum atomic E-state index is -0.162. The molecule has 0 aliphatic carbocycles. The van der Waals surface area contributed by atoms with E-state index in [2.05, 4.69) is 13.8 Å². The fourth-order valence-electron chi connectivity index (χ4n) is 1.25. The van der Waals surface area contributed by atoms with Gasteiger partial charge in [-0.3, -0.25) is 0 Å². The van der Waals surface area contributed by atoms with Gasteiger partial charge in [0.15, 0.2) is 11.5 Å². The SMILES string of the molecule is CC(C)Cc1cc(O)c(O)cc1N. The van der Waals surface area contributed by atoms with Gasteiger partial charge in [0.1, 0.15) is 0 Å². The lowest BCUT2D eigenvalue weighted by Crippen LogP contribution is -1.99. The van der Waals surface area contributed by atoms with E-state index in [0.29, 0.717) is 11.6 Å². The summed E-state index contributed by atoms with van der Waals surface area (Å²) in [5.41, 5.74) is 7.08. The maximum atomic E-state index is 9.23. The van der Waals surface area contributed by atoms with Gasteiger partial charge in [-0.15, -0.1) is 0 Å². The van der Waals surface area contributed by atoms with Crippen molar-refractivity contribution >= 4 is 5.69 Å². The van der Waals surface area contributed by atoms with Crippen LogP contribution in [0.3, 0.4) is 0 Å². The molecule has 1 aromatic carbocycles. The van der Waals surface area contributed by atoms with Crippen LogP contribution in [0.15, 0.2) is 12.1 Å². The molecule has 3 nitrogen and oxygen atoms in total. The molecule has 0 bridgehead atoms. The predicted molar refractivity (Wildman–Crippen MR) is 52.7 cm³/mol. The van der Waals surface area contributed by atoms with Gasteiger partial charge < -0.3 is 15.9 Å². The summed E-state index contributed by atoms with van der Waals surface area (Å²) in [4.78, 5) is 0. The Bertz CT molecular complexity index is 308. The number of phenolic OH excluding ortho intramolecular Hbond substituents is 2. The number of anilines is 1. The van der Waals surface area contributed by atoms with E-state index in [0.717, 1.165) is 12.0 Å². The molecule has 0 aliphatic rings. The average molecular weight is 181 g/mol. The molecule has 0 amide bonds. The van der Waals surface area contributed by atoms with Gasteiger partial charge in [-0.25, -0.2) is 0 Å². The first kappa shape index (κ1) is 9.71. The highest BCUT2D eigenvalue weighted by Crippen LogP contribution is 2.30. The van der Waals surface area contributed by atoms with E-state index in [4.69, 9.17) is 10.8 Å². The minimum Gasteiger partial charge on any atom is -0.504 e. The third-order valence-corrected chi connectivity index (χ3v) is 1.86. The Morgan fingerprint density at radius 3 is 2.31 bits per heavy atom. The van der Waals surface area contributed by atoms with Crippen molar-refractivity contribution in [2.75, 3.05) is 5.73 Å². The first-order chi connectivity index (χ1) is 6.00. The van der Waals surface area contributed by atoms with Gasteiger partial charge in [-0.1, -0.05) is 13.8 Å². The molecular weight excluding hydrogens is 166 g/mol. The third-order valence-electron chi connectivity index (χ3n) is 1.86. The average Bonchev–Trinajstić information content (AvgIpc) is 1.99. The molecule has 0 heterocycles. The van der Waals surface area contributed by atoms with Crippen molar-refractivity contribution in [3.8, 4) is 11.5 Å². The van der Waals surface area contributed by atoms with Crippen LogP contribution in [-0.4, -0.2) is 10.2 Å². The Hall–Kier alpha value is -1.38. The monoisotopic (exact) mass is 181 g/mol.